The summed E-state index contributed by atoms with van der Waals surface area (Å²) < 4.78 is 7.31. The van der Waals surface area contributed by atoms with Crippen molar-refractivity contribution >= 4 is 22.6 Å². The molecule has 0 N–H and O–H groups in total. The number of nitrogens with zero attached hydrogens (tertiary/aromatic N) is 2. The highest BCUT2D eigenvalue weighted by Crippen LogP contribution is 2.80. The minimum absolute atomic E-state index is 0.0286. The molecule has 0 aromatic heterocycles. The van der Waals surface area contributed by atoms with Crippen molar-refractivity contribution in [2.24, 2.45) is 5.41 Å². The molecule has 6 atom stereocenters. The lowest BCUT2D eigenvalue weighted by Crippen LogP contribution is -2.56. The van der Waals surface area contributed by atoms with E-state index in [9.17, 15) is 0 Å². The molecule has 0 amide bonds. The van der Waals surface area contributed by atoms with E-state index in [-0.39, 0.29) is 17.7 Å². The number of ether oxygens (including phenoxy) is 1. The summed E-state index contributed by atoms with van der Waals surface area (Å²) in [5.41, 5.74) is 7.27. The van der Waals surface area contributed by atoms with E-state index in [1.165, 1.54) is 44.2 Å². The molecule has 226 valence electrons. The van der Waals surface area contributed by atoms with Crippen molar-refractivity contribution in [3.8, 4) is 0 Å². The van der Waals surface area contributed by atoms with Crippen molar-refractivity contribution in [3.63, 3.8) is 0 Å². The number of benzene rings is 5. The largest absolute Gasteiger partial charge is 0.338 e. The Bertz CT molecular complexity index is 2130. The van der Waals surface area contributed by atoms with E-state index in [1.54, 1.807) is 0 Å². The Morgan fingerprint density at radius 1 is 0.826 bits per heavy atom. The molecule has 46 heavy (non-hydrogen) atoms. The predicted molar refractivity (Wildman–Crippen MR) is 181 cm³/mol. The normalized spacial score (nSPS) is 32.8. The van der Waals surface area contributed by atoms with Crippen molar-refractivity contribution in [2.45, 2.75) is 43.5 Å². The lowest BCUT2D eigenvalue weighted by Gasteiger charge is -2.44. The molecular formula is C42H36N2O2. The number of carbonyl (C=O) groups excluding carboxylic acids is 1. The van der Waals surface area contributed by atoms with Crippen LogP contribution in [0.3, 0.4) is 0 Å². The Morgan fingerprint density at radius 3 is 2.35 bits per heavy atom. The van der Waals surface area contributed by atoms with Crippen molar-refractivity contribution in [1.29, 1.82) is 0 Å². The topological polar surface area (TPSA) is 32.8 Å². The van der Waals surface area contributed by atoms with Crippen LogP contribution in [0.5, 0.6) is 0 Å². The van der Waals surface area contributed by atoms with Gasteiger partial charge in [0.05, 0.1) is 5.41 Å². The fourth-order valence-electron chi connectivity index (χ4n) is 10.7. The number of Topliss-reactive ketones (excluding diaryl/α,β-unsaturated/α-hetero) is 1. The first-order valence-electron chi connectivity index (χ1n) is 16.6. The first-order valence-corrected chi connectivity index (χ1v) is 16.6. The quantitative estimate of drug-likeness (QED) is 0.200. The number of rotatable bonds is 4. The summed E-state index contributed by atoms with van der Waals surface area (Å²) in [6.07, 6.45) is 3.01. The lowest BCUT2D eigenvalue weighted by atomic mass is 9.57. The number of carbonyl (C=O) groups is 1. The lowest BCUT2D eigenvalue weighted by molar-refractivity contribution is -0.131. The summed E-state index contributed by atoms with van der Waals surface area (Å²) in [6.45, 7) is 6.02. The van der Waals surface area contributed by atoms with Crippen molar-refractivity contribution in [1.82, 2.24) is 9.80 Å². The number of aryl methyl sites for hydroxylation is 2. The van der Waals surface area contributed by atoms with Gasteiger partial charge in [-0.25, -0.2) is 0 Å². The minimum Gasteiger partial charge on any atom is -0.338 e. The molecule has 4 aliphatic heterocycles. The van der Waals surface area contributed by atoms with Gasteiger partial charge in [0, 0.05) is 36.2 Å². The zero-order valence-corrected chi connectivity index (χ0v) is 26.2. The van der Waals surface area contributed by atoms with Gasteiger partial charge in [0.1, 0.15) is 12.3 Å². The molecule has 2 bridgehead atoms. The van der Waals surface area contributed by atoms with Gasteiger partial charge in [-0.2, -0.15) is 0 Å². The Balaban J connectivity index is 1.31. The van der Waals surface area contributed by atoms with E-state index in [0.717, 1.165) is 17.6 Å². The number of fused-ring (bicyclic) bond motifs is 1. The zero-order valence-electron chi connectivity index (χ0n) is 26.2. The second-order valence-electron chi connectivity index (χ2n) is 14.2. The maximum absolute atomic E-state index is 15.9. The van der Waals surface area contributed by atoms with Gasteiger partial charge in [-0.3, -0.25) is 14.6 Å². The molecule has 10 rings (SSSR count). The van der Waals surface area contributed by atoms with E-state index in [0.29, 0.717) is 19.8 Å². The van der Waals surface area contributed by atoms with Crippen LogP contribution in [-0.2, 0) is 27.2 Å². The van der Waals surface area contributed by atoms with Crippen LogP contribution in [0.15, 0.2) is 121 Å². The van der Waals surface area contributed by atoms with Gasteiger partial charge >= 0.3 is 0 Å². The molecule has 4 nitrogen and oxygen atoms in total. The number of ketones is 1. The number of hydrogen-bond acceptors (Lipinski definition) is 4. The predicted octanol–water partition coefficient (Wildman–Crippen LogP) is 7.49. The third-order valence-corrected chi connectivity index (χ3v) is 12.0. The van der Waals surface area contributed by atoms with Crippen LogP contribution in [0.4, 0.5) is 0 Å². The molecule has 4 heterocycles. The van der Waals surface area contributed by atoms with Gasteiger partial charge in [0.25, 0.3) is 0 Å². The summed E-state index contributed by atoms with van der Waals surface area (Å²) in [7, 11) is 0. The molecule has 0 saturated carbocycles. The monoisotopic (exact) mass is 600 g/mol. The van der Waals surface area contributed by atoms with Crippen LogP contribution in [0.2, 0.25) is 0 Å². The first kappa shape index (κ1) is 26.8. The molecular weight excluding hydrogens is 564 g/mol. The molecule has 5 aliphatic rings. The maximum atomic E-state index is 15.9. The average molecular weight is 601 g/mol. The van der Waals surface area contributed by atoms with Crippen LogP contribution >= 0.6 is 0 Å². The van der Waals surface area contributed by atoms with Crippen LogP contribution in [0.25, 0.3) is 16.8 Å². The summed E-state index contributed by atoms with van der Waals surface area (Å²) in [5, 5.41) is 2.49. The van der Waals surface area contributed by atoms with E-state index in [4.69, 9.17) is 4.74 Å². The fraction of sp³-hybridized carbons (Fsp3) is 0.262. The van der Waals surface area contributed by atoms with Crippen molar-refractivity contribution < 1.29 is 9.53 Å². The minimum atomic E-state index is -0.752. The highest BCUT2D eigenvalue weighted by molar-refractivity contribution is 6.10. The summed E-state index contributed by atoms with van der Waals surface area (Å²) in [5.74, 6) is 0.258. The van der Waals surface area contributed by atoms with Gasteiger partial charge in [-0.1, -0.05) is 126 Å². The van der Waals surface area contributed by atoms with Gasteiger partial charge < -0.3 is 4.74 Å². The zero-order chi connectivity index (χ0) is 30.8. The maximum Gasteiger partial charge on any atom is 0.174 e. The van der Waals surface area contributed by atoms with Gasteiger partial charge in [0.2, 0.25) is 0 Å². The molecule has 4 saturated heterocycles. The van der Waals surface area contributed by atoms with Crippen molar-refractivity contribution in [3.05, 3.63) is 160 Å². The highest BCUT2D eigenvalue weighted by Gasteiger charge is 2.90. The van der Waals surface area contributed by atoms with Crippen LogP contribution in [0.1, 0.15) is 44.9 Å². The smallest absolute Gasteiger partial charge is 0.174 e. The molecule has 1 aliphatic carbocycles. The van der Waals surface area contributed by atoms with Gasteiger partial charge in [-0.05, 0) is 59.4 Å². The molecule has 4 fully saturated rings. The average Bonchev–Trinajstić information content (AvgIpc) is 3.69. The van der Waals surface area contributed by atoms with E-state index < -0.39 is 16.7 Å². The molecule has 2 spiro atoms. The third-order valence-electron chi connectivity index (χ3n) is 12.0. The Morgan fingerprint density at radius 2 is 1.57 bits per heavy atom. The van der Waals surface area contributed by atoms with Crippen LogP contribution < -0.4 is 0 Å². The Hall–Kier alpha value is -4.35. The fourth-order valence-corrected chi connectivity index (χ4v) is 10.7. The summed E-state index contributed by atoms with van der Waals surface area (Å²) in [6, 6.07) is 41.8. The van der Waals surface area contributed by atoms with Crippen LogP contribution in [-0.4, -0.2) is 41.4 Å². The summed E-state index contributed by atoms with van der Waals surface area (Å²) >= 11 is 0. The molecule has 5 aromatic carbocycles. The van der Waals surface area contributed by atoms with Crippen molar-refractivity contribution in [2.75, 3.05) is 19.8 Å². The number of hydrogen-bond donors (Lipinski definition) is 0. The van der Waals surface area contributed by atoms with E-state index >= 15 is 4.79 Å². The van der Waals surface area contributed by atoms with E-state index in [2.05, 4.69) is 145 Å². The second kappa shape index (κ2) is 9.13. The molecule has 0 radical (unpaired) electrons. The first-order chi connectivity index (χ1) is 22.5. The Kier molecular flexibility index (Phi) is 5.33. The molecule has 4 heteroatoms. The molecule has 1 unspecified atom stereocenters. The Labute approximate surface area is 269 Å². The van der Waals surface area contributed by atoms with Crippen LogP contribution in [0, 0.1) is 19.3 Å². The second-order valence-corrected chi connectivity index (χ2v) is 14.2. The highest BCUT2D eigenvalue weighted by atomic mass is 16.6. The summed E-state index contributed by atoms with van der Waals surface area (Å²) in [4.78, 5) is 21.1. The van der Waals surface area contributed by atoms with Gasteiger partial charge in [-0.15, -0.1) is 0 Å². The third kappa shape index (κ3) is 2.99. The number of piperidine rings is 1. The van der Waals surface area contributed by atoms with Gasteiger partial charge in [0.15, 0.2) is 11.5 Å². The standard InChI is InChI=1S/C42H36N2O2/c1-27-10-6-14-30(20-27)22-33-24-43-25-40(39(33)45)38(32-17-7-11-28(2)21-32)36(23-29-12-4-3-5-13-29)44-26-46-42(43)35-19-9-16-31-15-8-18-34(37(31)35)41(40,42)44/h3-22,36,38H,23-26H2,1-2H3/b33-22+/t36-,38-,40-,41+,42+/m0/s1. The SMILES string of the molecule is Cc1cccc(/C=C2\CN3C[C@@]4(C2=O)[C@@H](c2cccc(C)c2)[C@H](Cc2ccccc2)N2CO[C@@]35c3cccc6cccc(c36)[C@@]245)c1. The van der Waals surface area contributed by atoms with E-state index in [1.807, 2.05) is 0 Å². The molecule has 5 aromatic rings.